The van der Waals surface area contributed by atoms with E-state index in [4.69, 9.17) is 0 Å². The molecule has 2 aromatic rings. The van der Waals surface area contributed by atoms with Crippen LogP contribution in [-0.2, 0) is 13.0 Å². The standard InChI is InChI=1S/C17H16BrNO/c18-16-8-4-3-7-15(16)17(20)12-19-10-9-13-5-1-2-6-14(13)11-19/h1-8H,9-12H2. The molecule has 3 rings (SSSR count). The first kappa shape index (κ1) is 13.5. The summed E-state index contributed by atoms with van der Waals surface area (Å²) in [5, 5.41) is 0. The van der Waals surface area contributed by atoms with Crippen LogP contribution in [0.5, 0.6) is 0 Å². The fraction of sp³-hybridized carbons (Fsp3) is 0.235. The Morgan fingerprint density at radius 2 is 1.75 bits per heavy atom. The van der Waals surface area contributed by atoms with Crippen LogP contribution in [0.25, 0.3) is 0 Å². The summed E-state index contributed by atoms with van der Waals surface area (Å²) in [5.74, 6) is 0.178. The molecule has 0 saturated carbocycles. The molecule has 0 radical (unpaired) electrons. The van der Waals surface area contributed by atoms with E-state index < -0.39 is 0 Å². The Kier molecular flexibility index (Phi) is 3.99. The van der Waals surface area contributed by atoms with Gasteiger partial charge in [0.2, 0.25) is 0 Å². The highest BCUT2D eigenvalue weighted by atomic mass is 79.9. The molecule has 0 fully saturated rings. The van der Waals surface area contributed by atoms with Crippen molar-refractivity contribution < 1.29 is 4.79 Å². The molecule has 1 heterocycles. The molecule has 0 amide bonds. The second kappa shape index (κ2) is 5.90. The lowest BCUT2D eigenvalue weighted by atomic mass is 9.99. The fourth-order valence-electron chi connectivity index (χ4n) is 2.66. The van der Waals surface area contributed by atoms with Crippen molar-refractivity contribution in [2.45, 2.75) is 13.0 Å². The molecule has 1 aliphatic heterocycles. The Morgan fingerprint density at radius 3 is 2.55 bits per heavy atom. The highest BCUT2D eigenvalue weighted by molar-refractivity contribution is 9.10. The van der Waals surface area contributed by atoms with Crippen molar-refractivity contribution in [3.8, 4) is 0 Å². The van der Waals surface area contributed by atoms with Gasteiger partial charge in [-0.1, -0.05) is 58.4 Å². The van der Waals surface area contributed by atoms with E-state index in [-0.39, 0.29) is 5.78 Å². The average molecular weight is 330 g/mol. The molecule has 2 aromatic carbocycles. The van der Waals surface area contributed by atoms with Crippen LogP contribution in [0.1, 0.15) is 21.5 Å². The number of carbonyl (C=O) groups is 1. The quantitative estimate of drug-likeness (QED) is 0.800. The average Bonchev–Trinajstić information content (AvgIpc) is 2.47. The Morgan fingerprint density at radius 1 is 1.05 bits per heavy atom. The lowest BCUT2D eigenvalue weighted by molar-refractivity contribution is 0.0921. The summed E-state index contributed by atoms with van der Waals surface area (Å²) in [5.41, 5.74) is 3.53. The Hall–Kier alpha value is -1.45. The predicted octanol–water partition coefficient (Wildman–Crippen LogP) is 3.69. The first-order valence-electron chi connectivity index (χ1n) is 6.81. The van der Waals surface area contributed by atoms with Gasteiger partial charge in [-0.2, -0.15) is 0 Å². The van der Waals surface area contributed by atoms with Crippen LogP contribution in [0.2, 0.25) is 0 Å². The minimum Gasteiger partial charge on any atom is -0.293 e. The molecule has 0 aromatic heterocycles. The molecule has 0 saturated heterocycles. The van der Waals surface area contributed by atoms with Crippen LogP contribution in [0.15, 0.2) is 53.0 Å². The van der Waals surface area contributed by atoms with Crippen LogP contribution >= 0.6 is 15.9 Å². The lowest BCUT2D eigenvalue weighted by Gasteiger charge is -2.28. The van der Waals surface area contributed by atoms with Crippen molar-refractivity contribution in [1.82, 2.24) is 4.90 Å². The Labute approximate surface area is 127 Å². The van der Waals surface area contributed by atoms with Gasteiger partial charge in [-0.15, -0.1) is 0 Å². The summed E-state index contributed by atoms with van der Waals surface area (Å²) in [4.78, 5) is 14.6. The number of rotatable bonds is 3. The molecular weight excluding hydrogens is 314 g/mol. The number of fused-ring (bicyclic) bond motifs is 1. The molecule has 3 heteroatoms. The molecule has 0 unspecified atom stereocenters. The Balaban J connectivity index is 1.71. The number of benzene rings is 2. The third kappa shape index (κ3) is 2.84. The highest BCUT2D eigenvalue weighted by Gasteiger charge is 2.19. The predicted molar refractivity (Wildman–Crippen MR) is 83.9 cm³/mol. The van der Waals surface area contributed by atoms with Gasteiger partial charge in [-0.25, -0.2) is 0 Å². The van der Waals surface area contributed by atoms with Crippen molar-refractivity contribution >= 4 is 21.7 Å². The number of ketones is 1. The summed E-state index contributed by atoms with van der Waals surface area (Å²) in [6.07, 6.45) is 1.03. The largest absolute Gasteiger partial charge is 0.293 e. The third-order valence-electron chi connectivity index (χ3n) is 3.75. The van der Waals surface area contributed by atoms with Crippen molar-refractivity contribution in [3.63, 3.8) is 0 Å². The minimum absolute atomic E-state index is 0.178. The number of carbonyl (C=O) groups excluding carboxylic acids is 1. The summed E-state index contributed by atoms with van der Waals surface area (Å²) < 4.78 is 0.877. The first-order valence-corrected chi connectivity index (χ1v) is 7.60. The molecule has 0 aliphatic carbocycles. The molecule has 20 heavy (non-hydrogen) atoms. The zero-order valence-electron chi connectivity index (χ0n) is 11.2. The maximum atomic E-state index is 12.4. The van der Waals surface area contributed by atoms with Gasteiger partial charge in [-0.3, -0.25) is 9.69 Å². The summed E-state index contributed by atoms with van der Waals surface area (Å²) in [6.45, 7) is 2.30. The van der Waals surface area contributed by atoms with E-state index in [2.05, 4.69) is 45.1 Å². The number of Topliss-reactive ketones (excluding diaryl/α,β-unsaturated/α-hetero) is 1. The van der Waals surface area contributed by atoms with Gasteiger partial charge in [0.05, 0.1) is 6.54 Å². The maximum absolute atomic E-state index is 12.4. The zero-order valence-corrected chi connectivity index (χ0v) is 12.8. The second-order valence-corrected chi connectivity index (χ2v) is 5.99. The highest BCUT2D eigenvalue weighted by Crippen LogP contribution is 2.20. The van der Waals surface area contributed by atoms with E-state index in [9.17, 15) is 4.79 Å². The van der Waals surface area contributed by atoms with Crippen LogP contribution in [-0.4, -0.2) is 23.8 Å². The Bertz CT molecular complexity index is 638. The van der Waals surface area contributed by atoms with Crippen LogP contribution in [0.4, 0.5) is 0 Å². The molecule has 1 aliphatic rings. The van der Waals surface area contributed by atoms with E-state index in [1.165, 1.54) is 11.1 Å². The molecule has 0 spiro atoms. The molecule has 0 bridgehead atoms. The monoisotopic (exact) mass is 329 g/mol. The van der Waals surface area contributed by atoms with Gasteiger partial charge < -0.3 is 0 Å². The SMILES string of the molecule is O=C(CN1CCc2ccccc2C1)c1ccccc1Br. The van der Waals surface area contributed by atoms with E-state index in [0.717, 1.165) is 29.5 Å². The summed E-state index contributed by atoms with van der Waals surface area (Å²) in [7, 11) is 0. The molecule has 0 atom stereocenters. The van der Waals surface area contributed by atoms with Gasteiger partial charge in [-0.05, 0) is 23.6 Å². The number of nitrogens with zero attached hydrogens (tertiary/aromatic N) is 1. The van der Waals surface area contributed by atoms with Crippen molar-refractivity contribution in [2.75, 3.05) is 13.1 Å². The van der Waals surface area contributed by atoms with E-state index in [1.54, 1.807) is 0 Å². The van der Waals surface area contributed by atoms with Crippen molar-refractivity contribution in [1.29, 1.82) is 0 Å². The van der Waals surface area contributed by atoms with Crippen LogP contribution < -0.4 is 0 Å². The summed E-state index contributed by atoms with van der Waals surface area (Å²) >= 11 is 3.45. The van der Waals surface area contributed by atoms with Gasteiger partial charge in [0.1, 0.15) is 0 Å². The minimum atomic E-state index is 0.178. The number of halogens is 1. The summed E-state index contributed by atoms with van der Waals surface area (Å²) in [6, 6.07) is 16.1. The van der Waals surface area contributed by atoms with Crippen LogP contribution in [0, 0.1) is 0 Å². The molecule has 2 nitrogen and oxygen atoms in total. The third-order valence-corrected chi connectivity index (χ3v) is 4.44. The number of hydrogen-bond donors (Lipinski definition) is 0. The van der Waals surface area contributed by atoms with Gasteiger partial charge in [0, 0.05) is 23.1 Å². The molecule has 0 N–H and O–H groups in total. The van der Waals surface area contributed by atoms with E-state index in [0.29, 0.717) is 6.54 Å². The second-order valence-electron chi connectivity index (χ2n) is 5.13. The van der Waals surface area contributed by atoms with E-state index in [1.807, 2.05) is 24.3 Å². The van der Waals surface area contributed by atoms with Gasteiger partial charge in [0.15, 0.2) is 5.78 Å². The van der Waals surface area contributed by atoms with Gasteiger partial charge in [0.25, 0.3) is 0 Å². The van der Waals surface area contributed by atoms with Crippen LogP contribution in [0.3, 0.4) is 0 Å². The fourth-order valence-corrected chi connectivity index (χ4v) is 3.17. The topological polar surface area (TPSA) is 20.3 Å². The van der Waals surface area contributed by atoms with Crippen molar-refractivity contribution in [2.24, 2.45) is 0 Å². The molecular formula is C17H16BrNO. The van der Waals surface area contributed by atoms with E-state index >= 15 is 0 Å². The normalized spacial score (nSPS) is 14.8. The first-order chi connectivity index (χ1) is 9.74. The zero-order chi connectivity index (χ0) is 13.9. The number of hydrogen-bond acceptors (Lipinski definition) is 2. The smallest absolute Gasteiger partial charge is 0.177 e. The lowest BCUT2D eigenvalue weighted by Crippen LogP contribution is -2.34. The maximum Gasteiger partial charge on any atom is 0.177 e. The van der Waals surface area contributed by atoms with Gasteiger partial charge >= 0.3 is 0 Å². The molecule has 102 valence electrons. The van der Waals surface area contributed by atoms with Crippen molar-refractivity contribution in [3.05, 3.63) is 69.7 Å².